The highest BCUT2D eigenvalue weighted by molar-refractivity contribution is 5.46. The van der Waals surface area contributed by atoms with E-state index in [0.29, 0.717) is 18.4 Å². The summed E-state index contributed by atoms with van der Waals surface area (Å²) < 4.78 is 16.9. The van der Waals surface area contributed by atoms with Crippen LogP contribution in [0.3, 0.4) is 0 Å². The number of hydrogen-bond acceptors (Lipinski definition) is 4. The Hall–Kier alpha value is -2.20. The fraction of sp³-hybridized carbons (Fsp3) is 0.455. The average molecular weight is 355 g/mol. The van der Waals surface area contributed by atoms with Crippen LogP contribution in [0.2, 0.25) is 0 Å². The first kappa shape index (κ1) is 18.6. The molecule has 0 amide bonds. The van der Waals surface area contributed by atoms with E-state index in [1.165, 1.54) is 11.1 Å². The molecule has 3 rings (SSSR count). The molecular weight excluding hydrogens is 326 g/mol. The highest BCUT2D eigenvalue weighted by Crippen LogP contribution is 2.35. The Labute approximate surface area is 156 Å². The second-order valence-corrected chi connectivity index (χ2v) is 6.99. The number of fused-ring (bicyclic) bond motifs is 1. The maximum atomic E-state index is 6.11. The average Bonchev–Trinajstić information content (AvgIpc) is 3.12. The molecule has 4 heteroatoms. The molecule has 0 spiro atoms. The molecule has 1 N–H and O–H groups in total. The molecule has 0 fully saturated rings. The molecule has 0 aliphatic carbocycles. The molecule has 2 aromatic carbocycles. The molecule has 0 aromatic heterocycles. The monoisotopic (exact) mass is 355 g/mol. The quantitative estimate of drug-likeness (QED) is 0.671. The smallest absolute Gasteiger partial charge is 0.231 e. The summed E-state index contributed by atoms with van der Waals surface area (Å²) in [7, 11) is 0. The van der Waals surface area contributed by atoms with Crippen molar-refractivity contribution in [1.29, 1.82) is 0 Å². The van der Waals surface area contributed by atoms with Gasteiger partial charge in [-0.1, -0.05) is 43.7 Å². The zero-order valence-electron chi connectivity index (χ0n) is 16.0. The van der Waals surface area contributed by atoms with E-state index >= 15 is 0 Å². The summed E-state index contributed by atoms with van der Waals surface area (Å²) in [6, 6.07) is 14.6. The van der Waals surface area contributed by atoms with E-state index < -0.39 is 0 Å². The second-order valence-electron chi connectivity index (χ2n) is 6.99. The van der Waals surface area contributed by atoms with Gasteiger partial charge in [-0.3, -0.25) is 0 Å². The second kappa shape index (κ2) is 8.95. The van der Waals surface area contributed by atoms with Crippen LogP contribution in [0, 0.1) is 12.8 Å². The van der Waals surface area contributed by atoms with E-state index in [1.54, 1.807) is 0 Å². The number of nitrogens with one attached hydrogen (secondary N) is 1. The fourth-order valence-corrected chi connectivity index (χ4v) is 3.16. The minimum Gasteiger partial charge on any atom is -0.493 e. The Kier molecular flexibility index (Phi) is 6.40. The number of rotatable bonds is 9. The first-order valence-electron chi connectivity index (χ1n) is 9.47. The van der Waals surface area contributed by atoms with Crippen molar-refractivity contribution in [1.82, 2.24) is 5.32 Å². The lowest BCUT2D eigenvalue weighted by molar-refractivity contribution is 0.173. The van der Waals surface area contributed by atoms with Crippen molar-refractivity contribution in [3.05, 3.63) is 53.6 Å². The summed E-state index contributed by atoms with van der Waals surface area (Å²) >= 11 is 0. The maximum absolute atomic E-state index is 6.11. The Balaban J connectivity index is 1.66. The van der Waals surface area contributed by atoms with Crippen molar-refractivity contribution in [3.8, 4) is 17.2 Å². The van der Waals surface area contributed by atoms with E-state index in [2.05, 4.69) is 50.4 Å². The van der Waals surface area contributed by atoms with Gasteiger partial charge in [0.05, 0.1) is 6.61 Å². The Morgan fingerprint density at radius 1 is 1.08 bits per heavy atom. The third-order valence-electron chi connectivity index (χ3n) is 4.95. The minimum atomic E-state index is 0.285. The van der Waals surface area contributed by atoms with Crippen LogP contribution in [0.4, 0.5) is 0 Å². The highest BCUT2D eigenvalue weighted by Gasteiger charge is 2.20. The maximum Gasteiger partial charge on any atom is 0.231 e. The molecule has 0 bridgehead atoms. The predicted molar refractivity (Wildman–Crippen MR) is 104 cm³/mol. The van der Waals surface area contributed by atoms with Gasteiger partial charge in [-0.15, -0.1) is 0 Å². The number of benzene rings is 2. The highest BCUT2D eigenvalue weighted by atomic mass is 16.7. The molecule has 0 radical (unpaired) electrons. The van der Waals surface area contributed by atoms with Gasteiger partial charge >= 0.3 is 0 Å². The largest absolute Gasteiger partial charge is 0.493 e. The van der Waals surface area contributed by atoms with Gasteiger partial charge < -0.3 is 19.5 Å². The third kappa shape index (κ3) is 4.70. The van der Waals surface area contributed by atoms with Gasteiger partial charge in [0, 0.05) is 18.5 Å². The molecule has 1 aliphatic heterocycles. The van der Waals surface area contributed by atoms with Crippen LogP contribution in [0.1, 0.15) is 37.3 Å². The third-order valence-corrected chi connectivity index (χ3v) is 4.95. The zero-order valence-corrected chi connectivity index (χ0v) is 16.0. The van der Waals surface area contributed by atoms with Gasteiger partial charge in [0.15, 0.2) is 11.5 Å². The molecule has 4 nitrogen and oxygen atoms in total. The van der Waals surface area contributed by atoms with Gasteiger partial charge in [-0.2, -0.15) is 0 Å². The number of ether oxygens (including phenoxy) is 3. The van der Waals surface area contributed by atoms with E-state index in [0.717, 1.165) is 36.8 Å². The molecule has 2 atom stereocenters. The van der Waals surface area contributed by atoms with Crippen LogP contribution in [-0.2, 0) is 0 Å². The summed E-state index contributed by atoms with van der Waals surface area (Å²) in [6.07, 6.45) is 1.13. The van der Waals surface area contributed by atoms with Crippen LogP contribution in [-0.4, -0.2) is 26.5 Å². The van der Waals surface area contributed by atoms with Crippen LogP contribution in [0.25, 0.3) is 0 Å². The van der Waals surface area contributed by atoms with Crippen LogP contribution >= 0.6 is 0 Å². The zero-order chi connectivity index (χ0) is 18.4. The molecule has 0 saturated carbocycles. The molecule has 1 heterocycles. The molecule has 0 saturated heterocycles. The van der Waals surface area contributed by atoms with Gasteiger partial charge in [-0.05, 0) is 43.5 Å². The molecule has 1 aliphatic rings. The summed E-state index contributed by atoms with van der Waals surface area (Å²) in [5.74, 6) is 3.16. The normalized spacial score (nSPS) is 14.9. The summed E-state index contributed by atoms with van der Waals surface area (Å²) in [4.78, 5) is 0. The predicted octanol–water partition coefficient (Wildman–Crippen LogP) is 4.52. The van der Waals surface area contributed by atoms with E-state index in [1.807, 2.05) is 18.2 Å². The lowest BCUT2D eigenvalue weighted by Gasteiger charge is -2.25. The van der Waals surface area contributed by atoms with E-state index in [9.17, 15) is 0 Å². The van der Waals surface area contributed by atoms with Crippen molar-refractivity contribution in [2.75, 3.05) is 26.5 Å². The van der Waals surface area contributed by atoms with E-state index in [4.69, 9.17) is 14.2 Å². The lowest BCUT2D eigenvalue weighted by Crippen LogP contribution is -2.31. The topological polar surface area (TPSA) is 39.7 Å². The fourth-order valence-electron chi connectivity index (χ4n) is 3.16. The van der Waals surface area contributed by atoms with Crippen molar-refractivity contribution < 1.29 is 14.2 Å². The lowest BCUT2D eigenvalue weighted by atomic mass is 9.87. The van der Waals surface area contributed by atoms with Crippen molar-refractivity contribution >= 4 is 0 Å². The van der Waals surface area contributed by atoms with Crippen molar-refractivity contribution in [3.63, 3.8) is 0 Å². The summed E-state index contributed by atoms with van der Waals surface area (Å²) in [6.45, 7) is 9.50. The Morgan fingerprint density at radius 2 is 1.85 bits per heavy atom. The minimum absolute atomic E-state index is 0.285. The van der Waals surface area contributed by atoms with Crippen LogP contribution in [0.5, 0.6) is 17.2 Å². The van der Waals surface area contributed by atoms with E-state index in [-0.39, 0.29) is 6.79 Å². The van der Waals surface area contributed by atoms with Crippen LogP contribution in [0.15, 0.2) is 42.5 Å². The first-order chi connectivity index (χ1) is 12.7. The molecule has 26 heavy (non-hydrogen) atoms. The molecule has 2 unspecified atom stereocenters. The Morgan fingerprint density at radius 3 is 2.62 bits per heavy atom. The number of hydrogen-bond donors (Lipinski definition) is 1. The molecule has 140 valence electrons. The first-order valence-corrected chi connectivity index (χ1v) is 9.47. The standard InChI is InChI=1S/C22H29NO3/c1-4-11-23-13-19(17(3)18-7-5-16(2)6-8-18)14-24-20-9-10-21-22(12-20)26-15-25-21/h5-10,12,17,19,23H,4,11,13-15H2,1-3H3. The van der Waals surface area contributed by atoms with Crippen molar-refractivity contribution in [2.45, 2.75) is 33.1 Å². The summed E-state index contributed by atoms with van der Waals surface area (Å²) in [5.41, 5.74) is 2.64. The van der Waals surface area contributed by atoms with Crippen molar-refractivity contribution in [2.24, 2.45) is 5.92 Å². The van der Waals surface area contributed by atoms with Gasteiger partial charge in [0.25, 0.3) is 0 Å². The van der Waals surface area contributed by atoms with Gasteiger partial charge in [0.2, 0.25) is 6.79 Å². The molecule has 2 aromatic rings. The van der Waals surface area contributed by atoms with Gasteiger partial charge in [0.1, 0.15) is 5.75 Å². The molecular formula is C22H29NO3. The number of aryl methyl sites for hydroxylation is 1. The van der Waals surface area contributed by atoms with Gasteiger partial charge in [-0.25, -0.2) is 0 Å². The SMILES string of the molecule is CCCNCC(COc1ccc2c(c1)OCO2)C(C)c1ccc(C)cc1. The Bertz CT molecular complexity index is 699. The van der Waals surface area contributed by atoms with Crippen LogP contribution < -0.4 is 19.5 Å². The summed E-state index contributed by atoms with van der Waals surface area (Å²) in [5, 5.41) is 3.55.